The van der Waals surface area contributed by atoms with Gasteiger partial charge in [-0.25, -0.2) is 23.4 Å². The molecule has 50 heavy (non-hydrogen) atoms. The van der Waals surface area contributed by atoms with Crippen molar-refractivity contribution >= 4 is 51.2 Å². The van der Waals surface area contributed by atoms with Gasteiger partial charge in [-0.05, 0) is 77.1 Å². The second-order valence-corrected chi connectivity index (χ2v) is 12.4. The van der Waals surface area contributed by atoms with Gasteiger partial charge in [0.1, 0.15) is 22.9 Å². The lowest BCUT2D eigenvalue weighted by Gasteiger charge is -2.12. The number of carbonyl (C=O) groups is 3. The molecule has 0 spiro atoms. The lowest BCUT2D eigenvalue weighted by atomic mass is 9.98. The second kappa shape index (κ2) is 14.3. The number of nitrogens with zero attached hydrogens (tertiary/aromatic N) is 3. The third-order valence-electron chi connectivity index (χ3n) is 8.34. The van der Waals surface area contributed by atoms with Crippen molar-refractivity contribution in [3.63, 3.8) is 0 Å². The van der Waals surface area contributed by atoms with Crippen LogP contribution in [0.5, 0.6) is 0 Å². The number of hydrogen-bond donors (Lipinski definition) is 3. The summed E-state index contributed by atoms with van der Waals surface area (Å²) >= 11 is 5.04. The molecule has 5 N–H and O–H groups in total. The van der Waals surface area contributed by atoms with Crippen LogP contribution in [0.3, 0.4) is 0 Å². The Morgan fingerprint density at radius 3 is 1.74 bits per heavy atom. The fourth-order valence-electron chi connectivity index (χ4n) is 5.36. The summed E-state index contributed by atoms with van der Waals surface area (Å²) in [5.41, 5.74) is 14.0. The molecule has 0 saturated heterocycles. The SMILES string of the molecule is COC(=O)c1cc(-c2c(C)noc2C)c(F)c(N)c1N.COC(=O)c1cc(-c2c(C)noc2C)c(F)c2nc(C3CC3)[nH]c12.O=C(Cl)C1CC1. The number of H-pyrrole nitrogens is 1. The molecule has 3 heterocycles. The summed E-state index contributed by atoms with van der Waals surface area (Å²) in [5.74, 6) is -0.289. The predicted octanol–water partition coefficient (Wildman–Crippen LogP) is 6.85. The molecule has 2 aromatic carbocycles. The number of esters is 2. The van der Waals surface area contributed by atoms with E-state index in [0.29, 0.717) is 51.3 Å². The van der Waals surface area contributed by atoms with Crippen LogP contribution in [0.25, 0.3) is 33.3 Å². The smallest absolute Gasteiger partial charge is 0.340 e. The van der Waals surface area contributed by atoms with Gasteiger partial charge in [-0.3, -0.25) is 4.79 Å². The second-order valence-electron chi connectivity index (χ2n) is 12.0. The maximum absolute atomic E-state index is 15.1. The summed E-state index contributed by atoms with van der Waals surface area (Å²) in [6.07, 6.45) is 4.07. The minimum atomic E-state index is -0.718. The van der Waals surface area contributed by atoms with Crippen LogP contribution >= 0.6 is 11.6 Å². The lowest BCUT2D eigenvalue weighted by molar-refractivity contribution is -0.112. The highest BCUT2D eigenvalue weighted by atomic mass is 35.5. The van der Waals surface area contributed by atoms with E-state index in [4.69, 9.17) is 36.9 Å². The van der Waals surface area contributed by atoms with E-state index < -0.39 is 23.6 Å². The Morgan fingerprint density at radius 1 is 0.820 bits per heavy atom. The summed E-state index contributed by atoms with van der Waals surface area (Å²) in [4.78, 5) is 41.3. The molecule has 7 rings (SSSR count). The maximum atomic E-state index is 15.1. The molecule has 5 aromatic rings. The van der Waals surface area contributed by atoms with E-state index >= 15 is 4.39 Å². The fraction of sp³-hybridized carbons (Fsp3) is 0.353. The number of aromatic nitrogens is 4. The van der Waals surface area contributed by atoms with Crippen LogP contribution in [-0.4, -0.2) is 51.7 Å². The van der Waals surface area contributed by atoms with E-state index in [-0.39, 0.29) is 50.3 Å². The number of benzene rings is 2. The number of aromatic amines is 1. The third-order valence-corrected chi connectivity index (χ3v) is 8.65. The van der Waals surface area contributed by atoms with Gasteiger partial charge in [-0.15, -0.1) is 0 Å². The van der Waals surface area contributed by atoms with E-state index in [1.54, 1.807) is 27.7 Å². The molecule has 264 valence electrons. The van der Waals surface area contributed by atoms with Crippen molar-refractivity contribution in [1.29, 1.82) is 0 Å². The van der Waals surface area contributed by atoms with Gasteiger partial charge >= 0.3 is 11.9 Å². The molecule has 2 fully saturated rings. The van der Waals surface area contributed by atoms with Gasteiger partial charge in [0.15, 0.2) is 11.6 Å². The number of rotatable bonds is 6. The molecule has 0 aliphatic heterocycles. The molecule has 16 heteroatoms. The van der Waals surface area contributed by atoms with Crippen molar-refractivity contribution < 1.29 is 41.7 Å². The van der Waals surface area contributed by atoms with Gasteiger partial charge < -0.3 is 35.0 Å². The number of hydrogen-bond acceptors (Lipinski definition) is 12. The molecular formula is C34H35ClF2N6O7. The number of imidazole rings is 1. The summed E-state index contributed by atoms with van der Waals surface area (Å²) in [6, 6.07) is 2.77. The maximum Gasteiger partial charge on any atom is 0.340 e. The van der Waals surface area contributed by atoms with E-state index in [9.17, 15) is 18.8 Å². The van der Waals surface area contributed by atoms with Gasteiger partial charge in [-0.2, -0.15) is 0 Å². The van der Waals surface area contributed by atoms with Gasteiger partial charge in [-0.1, -0.05) is 10.3 Å². The van der Waals surface area contributed by atoms with Crippen LogP contribution in [-0.2, 0) is 14.3 Å². The number of halogens is 3. The van der Waals surface area contributed by atoms with Crippen molar-refractivity contribution in [2.75, 3.05) is 25.7 Å². The highest BCUT2D eigenvalue weighted by Gasteiger charge is 2.31. The molecule has 13 nitrogen and oxygen atoms in total. The summed E-state index contributed by atoms with van der Waals surface area (Å²) < 4.78 is 49.0. The highest BCUT2D eigenvalue weighted by Crippen LogP contribution is 2.41. The molecule has 2 aliphatic carbocycles. The predicted molar refractivity (Wildman–Crippen MR) is 179 cm³/mol. The molecule has 2 aliphatic rings. The molecule has 0 amide bonds. The lowest BCUT2D eigenvalue weighted by Crippen LogP contribution is -2.10. The Balaban J connectivity index is 0.000000169. The minimum absolute atomic E-state index is 0.00130. The van der Waals surface area contributed by atoms with Crippen LogP contribution < -0.4 is 11.5 Å². The zero-order valence-corrected chi connectivity index (χ0v) is 28.9. The zero-order valence-electron chi connectivity index (χ0n) is 28.1. The van der Waals surface area contributed by atoms with E-state index in [1.807, 2.05) is 0 Å². The van der Waals surface area contributed by atoms with E-state index in [1.165, 1.54) is 26.4 Å². The van der Waals surface area contributed by atoms with Gasteiger partial charge in [0.05, 0.1) is 64.8 Å². The number of aryl methyl sites for hydroxylation is 4. The summed E-state index contributed by atoms with van der Waals surface area (Å²) in [6.45, 7) is 6.74. The van der Waals surface area contributed by atoms with Gasteiger partial charge in [0.25, 0.3) is 0 Å². The average molecular weight is 713 g/mol. The van der Waals surface area contributed by atoms with Crippen LogP contribution in [0.15, 0.2) is 21.2 Å². The molecule has 0 atom stereocenters. The summed E-state index contributed by atoms with van der Waals surface area (Å²) in [7, 11) is 2.50. The number of nitrogen functional groups attached to an aromatic ring is 2. The minimum Gasteiger partial charge on any atom is -0.465 e. The first-order chi connectivity index (χ1) is 23.7. The number of nitrogens with two attached hydrogens (primary N) is 2. The number of nitrogens with one attached hydrogen (secondary N) is 1. The fourth-order valence-corrected chi connectivity index (χ4v) is 5.57. The van der Waals surface area contributed by atoms with Gasteiger partial charge in [0, 0.05) is 23.0 Å². The van der Waals surface area contributed by atoms with Crippen molar-refractivity contribution in [2.24, 2.45) is 5.92 Å². The molecule has 3 aromatic heterocycles. The number of anilines is 2. The first-order valence-electron chi connectivity index (χ1n) is 15.5. The monoisotopic (exact) mass is 712 g/mol. The Morgan fingerprint density at radius 2 is 1.32 bits per heavy atom. The molecule has 0 unspecified atom stereocenters. The first-order valence-corrected chi connectivity index (χ1v) is 15.9. The van der Waals surface area contributed by atoms with E-state index in [0.717, 1.165) is 25.7 Å². The van der Waals surface area contributed by atoms with Gasteiger partial charge in [0.2, 0.25) is 5.24 Å². The first kappa shape index (κ1) is 36.0. The molecule has 2 saturated carbocycles. The standard InChI is InChI=1S/C17H16FN3O3.C13H14FN3O3.C4H5ClO/c1-7-12(8(2)24-21-7)10-6-11(17(22)23-3)14-15(13(10)18)20-16(19-14)9-4-5-9;1-5-9(6(2)20-17-5)7-4-8(13(18)19-3)11(15)12(16)10(7)14;5-4(6)3-1-2-3/h6,9H,4-5H2,1-3H3,(H,19,20);4H,15-16H2,1-3H3;3H,1-2H2. The number of methoxy groups -OCH3 is 2. The molecular weight excluding hydrogens is 678 g/mol. The third kappa shape index (κ3) is 7.04. The van der Waals surface area contributed by atoms with Crippen LogP contribution in [0, 0.1) is 45.2 Å². The number of carbonyl (C=O) groups excluding carboxylic acids is 3. The number of ether oxygens (including phenoxy) is 2. The Labute approximate surface area is 289 Å². The van der Waals surface area contributed by atoms with Crippen LogP contribution in [0.2, 0.25) is 0 Å². The van der Waals surface area contributed by atoms with Crippen LogP contribution in [0.1, 0.15) is 81.0 Å². The normalized spacial score (nSPS) is 13.6. The average Bonchev–Trinajstić information content (AvgIpc) is 4.03. The van der Waals surface area contributed by atoms with Crippen molar-refractivity contribution in [2.45, 2.75) is 59.3 Å². The quantitative estimate of drug-likeness (QED) is 0.0940. The molecule has 0 bridgehead atoms. The van der Waals surface area contributed by atoms with E-state index in [2.05, 4.69) is 25.0 Å². The number of fused-ring (bicyclic) bond motifs is 1. The highest BCUT2D eigenvalue weighted by molar-refractivity contribution is 6.64. The van der Waals surface area contributed by atoms with Crippen molar-refractivity contribution in [3.05, 3.63) is 63.6 Å². The van der Waals surface area contributed by atoms with Crippen molar-refractivity contribution in [3.8, 4) is 22.3 Å². The van der Waals surface area contributed by atoms with Crippen molar-refractivity contribution in [1.82, 2.24) is 20.3 Å². The summed E-state index contributed by atoms with van der Waals surface area (Å²) in [5, 5.41) is 7.46. The largest absolute Gasteiger partial charge is 0.465 e. The topological polar surface area (TPSA) is 202 Å². The Kier molecular flexibility index (Phi) is 10.3. The molecule has 0 radical (unpaired) electrons. The zero-order chi connectivity index (χ0) is 36.6. The Bertz CT molecular complexity index is 2090. The Hall–Kier alpha value is -5.31. The van der Waals surface area contributed by atoms with Crippen LogP contribution in [0.4, 0.5) is 20.2 Å².